The molecule has 0 bridgehead atoms. The molecular weight excluding hydrogens is 260 g/mol. The molecule has 0 aromatic heterocycles. The van der Waals surface area contributed by atoms with Gasteiger partial charge in [0, 0.05) is 10.8 Å². The van der Waals surface area contributed by atoms with Crippen LogP contribution in [0.1, 0.15) is 57.0 Å². The second-order valence-corrected chi connectivity index (χ2v) is 4.68. The van der Waals surface area contributed by atoms with Crippen LogP contribution in [-0.4, -0.2) is 24.2 Å². The predicted octanol–water partition coefficient (Wildman–Crippen LogP) is 2.78. The molecular formula is C14H16N2O4. The van der Waals surface area contributed by atoms with Gasteiger partial charge in [0.2, 0.25) is 0 Å². The minimum Gasteiger partial charge on any atom is -0.478 e. The number of carbonyl (C=O) groups is 2. The van der Waals surface area contributed by atoms with Gasteiger partial charge in [-0.05, 0) is 42.9 Å². The van der Waals surface area contributed by atoms with Gasteiger partial charge in [-0.15, -0.1) is 0 Å². The topological polar surface area (TPSA) is 111 Å². The van der Waals surface area contributed by atoms with Crippen LogP contribution in [0.3, 0.4) is 0 Å². The second-order valence-electron chi connectivity index (χ2n) is 4.68. The SMILES string of the molecule is COC(=O)c1cc(C(=O)O)c(C)cc1C1CCC1.N#N. The predicted molar refractivity (Wildman–Crippen MR) is 69.5 cm³/mol. The van der Waals surface area contributed by atoms with Gasteiger partial charge in [-0.1, -0.05) is 12.5 Å². The van der Waals surface area contributed by atoms with Crippen molar-refractivity contribution in [3.05, 3.63) is 34.4 Å². The number of carbonyl (C=O) groups excluding carboxylic acids is 1. The van der Waals surface area contributed by atoms with Gasteiger partial charge in [0.25, 0.3) is 0 Å². The summed E-state index contributed by atoms with van der Waals surface area (Å²) in [5.41, 5.74) is 2.18. The molecule has 0 radical (unpaired) electrons. The average Bonchev–Trinajstić information content (AvgIpc) is 2.38. The third kappa shape index (κ3) is 2.94. The number of nitrogens with zero attached hydrogens (tertiary/aromatic N) is 2. The van der Waals surface area contributed by atoms with Gasteiger partial charge in [0.05, 0.1) is 18.2 Å². The summed E-state index contributed by atoms with van der Waals surface area (Å²) < 4.78 is 4.74. The molecule has 1 aliphatic carbocycles. The summed E-state index contributed by atoms with van der Waals surface area (Å²) in [5.74, 6) is -1.11. The van der Waals surface area contributed by atoms with Gasteiger partial charge in [0.1, 0.15) is 0 Å². The molecule has 0 atom stereocenters. The smallest absolute Gasteiger partial charge is 0.338 e. The molecule has 1 fully saturated rings. The molecule has 6 heteroatoms. The Kier molecular flexibility index (Phi) is 5.21. The van der Waals surface area contributed by atoms with Crippen LogP contribution in [0.25, 0.3) is 0 Å². The van der Waals surface area contributed by atoms with E-state index in [1.54, 1.807) is 6.92 Å². The first-order valence-corrected chi connectivity index (χ1v) is 6.20. The summed E-state index contributed by atoms with van der Waals surface area (Å²) in [6, 6.07) is 3.26. The fraction of sp³-hybridized carbons (Fsp3) is 0.429. The highest BCUT2D eigenvalue weighted by Gasteiger charge is 2.26. The van der Waals surface area contributed by atoms with Gasteiger partial charge in [-0.2, -0.15) is 0 Å². The highest BCUT2D eigenvalue weighted by molar-refractivity contribution is 5.97. The molecule has 0 aliphatic heterocycles. The molecule has 106 valence electrons. The summed E-state index contributed by atoms with van der Waals surface area (Å²) >= 11 is 0. The Labute approximate surface area is 116 Å². The van der Waals surface area contributed by atoms with Crippen molar-refractivity contribution in [2.75, 3.05) is 7.11 Å². The Morgan fingerprint density at radius 3 is 2.25 bits per heavy atom. The van der Waals surface area contributed by atoms with Crippen LogP contribution >= 0.6 is 0 Å². The maximum Gasteiger partial charge on any atom is 0.338 e. The third-order valence-corrected chi connectivity index (χ3v) is 3.58. The number of ether oxygens (including phenoxy) is 1. The molecule has 0 spiro atoms. The van der Waals surface area contributed by atoms with Crippen molar-refractivity contribution in [1.82, 2.24) is 0 Å². The highest BCUT2D eigenvalue weighted by atomic mass is 16.5. The van der Waals surface area contributed by atoms with Crippen LogP contribution in [-0.2, 0) is 4.74 Å². The zero-order valence-corrected chi connectivity index (χ0v) is 11.4. The van der Waals surface area contributed by atoms with Crippen molar-refractivity contribution >= 4 is 11.9 Å². The summed E-state index contributed by atoms with van der Waals surface area (Å²) in [7, 11) is 1.31. The minimum absolute atomic E-state index is 0.165. The van der Waals surface area contributed by atoms with E-state index in [9.17, 15) is 9.59 Å². The lowest BCUT2D eigenvalue weighted by atomic mass is 9.77. The van der Waals surface area contributed by atoms with Gasteiger partial charge in [-0.3, -0.25) is 0 Å². The molecule has 1 aromatic rings. The third-order valence-electron chi connectivity index (χ3n) is 3.58. The lowest BCUT2D eigenvalue weighted by Crippen LogP contribution is -2.16. The molecule has 0 amide bonds. The van der Waals surface area contributed by atoms with Crippen molar-refractivity contribution in [3.63, 3.8) is 0 Å². The van der Waals surface area contributed by atoms with Crippen LogP contribution in [0.2, 0.25) is 0 Å². The van der Waals surface area contributed by atoms with Crippen LogP contribution < -0.4 is 0 Å². The van der Waals surface area contributed by atoms with Gasteiger partial charge >= 0.3 is 11.9 Å². The summed E-state index contributed by atoms with van der Waals surface area (Å²) in [6.45, 7) is 1.76. The van der Waals surface area contributed by atoms with Gasteiger partial charge < -0.3 is 9.84 Å². The quantitative estimate of drug-likeness (QED) is 0.671. The van der Waals surface area contributed by atoms with Crippen LogP contribution in [0.5, 0.6) is 0 Å². The van der Waals surface area contributed by atoms with Crippen LogP contribution in [0.15, 0.2) is 12.1 Å². The van der Waals surface area contributed by atoms with E-state index < -0.39 is 11.9 Å². The number of hydrogen-bond acceptors (Lipinski definition) is 5. The van der Waals surface area contributed by atoms with Crippen molar-refractivity contribution in [2.24, 2.45) is 0 Å². The van der Waals surface area contributed by atoms with Crippen LogP contribution in [0, 0.1) is 17.7 Å². The fourth-order valence-electron chi connectivity index (χ4n) is 2.30. The van der Waals surface area contributed by atoms with E-state index in [2.05, 4.69) is 0 Å². The van der Waals surface area contributed by atoms with Crippen molar-refractivity contribution in [1.29, 1.82) is 10.8 Å². The maximum absolute atomic E-state index is 11.7. The standard InChI is InChI=1S/C14H16O4.N2/c1-8-6-11(9-4-3-5-9)12(14(17)18-2)7-10(8)13(15)16;1-2/h6-7,9H,3-5H2,1-2H3,(H,15,16);. The van der Waals surface area contributed by atoms with Crippen LogP contribution in [0.4, 0.5) is 0 Å². The molecule has 0 saturated heterocycles. The van der Waals surface area contributed by atoms with E-state index in [1.165, 1.54) is 13.2 Å². The lowest BCUT2D eigenvalue weighted by molar-refractivity contribution is 0.0598. The fourth-order valence-corrected chi connectivity index (χ4v) is 2.30. The molecule has 2 rings (SSSR count). The lowest BCUT2D eigenvalue weighted by Gasteiger charge is -2.28. The molecule has 20 heavy (non-hydrogen) atoms. The normalized spacial score (nSPS) is 13.6. The van der Waals surface area contributed by atoms with E-state index in [-0.39, 0.29) is 5.56 Å². The summed E-state index contributed by atoms with van der Waals surface area (Å²) in [6.07, 6.45) is 3.26. The monoisotopic (exact) mass is 276 g/mol. The number of methoxy groups -OCH3 is 1. The molecule has 0 unspecified atom stereocenters. The summed E-state index contributed by atoms with van der Waals surface area (Å²) in [4.78, 5) is 22.8. The first-order valence-electron chi connectivity index (χ1n) is 6.20. The van der Waals surface area contributed by atoms with E-state index in [0.29, 0.717) is 17.0 Å². The number of benzene rings is 1. The number of aromatic carboxylic acids is 1. The first kappa shape index (κ1) is 15.6. The highest BCUT2D eigenvalue weighted by Crippen LogP contribution is 2.39. The molecule has 0 heterocycles. The van der Waals surface area contributed by atoms with E-state index in [0.717, 1.165) is 24.8 Å². The molecule has 1 aromatic carbocycles. The molecule has 6 nitrogen and oxygen atoms in total. The number of aryl methyl sites for hydroxylation is 1. The number of carboxylic acids is 1. The Hall–Kier alpha value is -2.42. The van der Waals surface area contributed by atoms with Crippen molar-refractivity contribution in [3.8, 4) is 0 Å². The van der Waals surface area contributed by atoms with Gasteiger partial charge in [-0.25, -0.2) is 9.59 Å². The van der Waals surface area contributed by atoms with Gasteiger partial charge in [0.15, 0.2) is 0 Å². The van der Waals surface area contributed by atoms with E-state index in [4.69, 9.17) is 20.6 Å². The zero-order valence-electron chi connectivity index (χ0n) is 11.4. The van der Waals surface area contributed by atoms with Crippen molar-refractivity contribution < 1.29 is 19.4 Å². The Balaban J connectivity index is 0.000000956. The maximum atomic E-state index is 11.7. The van der Waals surface area contributed by atoms with E-state index in [1.807, 2.05) is 6.07 Å². The number of carboxylic acid groups (broad SMARTS) is 1. The van der Waals surface area contributed by atoms with Crippen molar-refractivity contribution in [2.45, 2.75) is 32.1 Å². The Morgan fingerprint density at radius 2 is 1.85 bits per heavy atom. The molecule has 1 saturated carbocycles. The van der Waals surface area contributed by atoms with E-state index >= 15 is 0 Å². The number of hydrogen-bond donors (Lipinski definition) is 1. The minimum atomic E-state index is -1.02. The summed E-state index contributed by atoms with van der Waals surface area (Å²) in [5, 5.41) is 21.1. The Morgan fingerprint density at radius 1 is 1.25 bits per heavy atom. The zero-order chi connectivity index (χ0) is 15.3. The molecule has 1 aliphatic rings. The first-order chi connectivity index (χ1) is 9.54. The number of esters is 1. The Bertz CT molecular complexity index is 548. The second kappa shape index (κ2) is 6.66. The largest absolute Gasteiger partial charge is 0.478 e. The number of rotatable bonds is 3. The average molecular weight is 276 g/mol. The molecule has 1 N–H and O–H groups in total.